The molecule has 1 atom stereocenters. The molecule has 0 spiro atoms. The van der Waals surface area contributed by atoms with E-state index in [4.69, 9.17) is 5.26 Å². The number of amides is 4. The summed E-state index contributed by atoms with van der Waals surface area (Å²) in [6.07, 6.45) is 1.81. The number of rotatable bonds is 4. The number of nitrogens with zero attached hydrogens (tertiary/aromatic N) is 2. The largest absolute Gasteiger partial charge is 0.336 e. The van der Waals surface area contributed by atoms with Crippen LogP contribution in [0.3, 0.4) is 0 Å². The SMILES string of the molecule is CC1(C)NC(=O)N(CC(=O)N[C@](C)(C#N)C2CC2)C1=O. The molecule has 2 fully saturated rings. The Bertz CT molecular complexity index is 518. The molecule has 108 valence electrons. The smallest absolute Gasteiger partial charge is 0.325 e. The van der Waals surface area contributed by atoms with Gasteiger partial charge in [0.05, 0.1) is 6.07 Å². The molecule has 0 aromatic rings. The standard InChI is InChI=1S/C13H18N4O3/c1-12(2)10(19)17(11(20)16-12)6-9(18)15-13(3,7-14)8-4-5-8/h8H,4-6H2,1-3H3,(H,15,18)(H,16,20)/t13-/m1/s1. The Balaban J connectivity index is 2.00. The lowest BCUT2D eigenvalue weighted by atomic mass is 9.98. The van der Waals surface area contributed by atoms with Gasteiger partial charge in [-0.05, 0) is 39.5 Å². The minimum absolute atomic E-state index is 0.149. The molecule has 0 bridgehead atoms. The summed E-state index contributed by atoms with van der Waals surface area (Å²) in [6.45, 7) is 4.46. The highest BCUT2D eigenvalue weighted by Crippen LogP contribution is 2.39. The third-order valence-corrected chi connectivity index (χ3v) is 3.77. The van der Waals surface area contributed by atoms with Crippen LogP contribution in [0.5, 0.6) is 0 Å². The zero-order chi connectivity index (χ0) is 15.1. The summed E-state index contributed by atoms with van der Waals surface area (Å²) in [5, 5.41) is 14.3. The van der Waals surface area contributed by atoms with Gasteiger partial charge in [-0.15, -0.1) is 0 Å². The second kappa shape index (κ2) is 4.47. The zero-order valence-corrected chi connectivity index (χ0v) is 11.8. The number of imide groups is 1. The van der Waals surface area contributed by atoms with Gasteiger partial charge in [-0.3, -0.25) is 14.5 Å². The summed E-state index contributed by atoms with van der Waals surface area (Å²) in [5.74, 6) is -0.791. The minimum Gasteiger partial charge on any atom is -0.336 e. The summed E-state index contributed by atoms with van der Waals surface area (Å²) in [4.78, 5) is 36.5. The van der Waals surface area contributed by atoms with Crippen LogP contribution in [-0.2, 0) is 9.59 Å². The lowest BCUT2D eigenvalue weighted by molar-refractivity contribution is -0.134. The first-order chi connectivity index (χ1) is 9.19. The Morgan fingerprint density at radius 3 is 2.55 bits per heavy atom. The van der Waals surface area contributed by atoms with Gasteiger partial charge in [0.15, 0.2) is 0 Å². The molecular weight excluding hydrogens is 260 g/mol. The molecule has 2 N–H and O–H groups in total. The Morgan fingerprint density at radius 2 is 2.15 bits per heavy atom. The maximum atomic E-state index is 12.0. The van der Waals surface area contributed by atoms with E-state index in [9.17, 15) is 14.4 Å². The van der Waals surface area contributed by atoms with Crippen molar-refractivity contribution in [1.29, 1.82) is 5.26 Å². The number of urea groups is 1. The molecule has 0 aromatic heterocycles. The number of nitrogens with one attached hydrogen (secondary N) is 2. The van der Waals surface area contributed by atoms with Gasteiger partial charge in [0, 0.05) is 0 Å². The molecule has 2 aliphatic rings. The highest BCUT2D eigenvalue weighted by molar-refractivity contribution is 6.08. The third-order valence-electron chi connectivity index (χ3n) is 3.77. The van der Waals surface area contributed by atoms with Crippen molar-refractivity contribution >= 4 is 17.8 Å². The first-order valence-electron chi connectivity index (χ1n) is 6.56. The molecule has 1 saturated carbocycles. The van der Waals surface area contributed by atoms with Gasteiger partial charge in [-0.1, -0.05) is 0 Å². The van der Waals surface area contributed by atoms with Crippen LogP contribution in [0.25, 0.3) is 0 Å². The van der Waals surface area contributed by atoms with Crippen LogP contribution in [0, 0.1) is 17.2 Å². The van der Waals surface area contributed by atoms with Gasteiger partial charge in [0.25, 0.3) is 5.91 Å². The molecule has 2 rings (SSSR count). The number of nitriles is 1. The molecule has 0 radical (unpaired) electrons. The van der Waals surface area contributed by atoms with Crippen LogP contribution >= 0.6 is 0 Å². The van der Waals surface area contributed by atoms with Crippen molar-refractivity contribution < 1.29 is 14.4 Å². The third kappa shape index (κ3) is 2.46. The Hall–Kier alpha value is -2.10. The first-order valence-corrected chi connectivity index (χ1v) is 6.56. The van der Waals surface area contributed by atoms with Crippen molar-refractivity contribution in [3.63, 3.8) is 0 Å². The zero-order valence-electron chi connectivity index (χ0n) is 11.8. The number of carbonyl (C=O) groups is 3. The predicted octanol–water partition coefficient (Wildman–Crippen LogP) is 0.125. The van der Waals surface area contributed by atoms with E-state index >= 15 is 0 Å². The minimum atomic E-state index is -0.994. The van der Waals surface area contributed by atoms with E-state index in [1.807, 2.05) is 0 Å². The number of carbonyl (C=O) groups excluding carboxylic acids is 3. The van der Waals surface area contributed by atoms with E-state index in [-0.39, 0.29) is 12.5 Å². The second-order valence-electron chi connectivity index (χ2n) is 6.08. The molecular formula is C13H18N4O3. The fourth-order valence-corrected chi connectivity index (χ4v) is 2.32. The summed E-state index contributed by atoms with van der Waals surface area (Å²) in [7, 11) is 0. The maximum Gasteiger partial charge on any atom is 0.325 e. The highest BCUT2D eigenvalue weighted by Gasteiger charge is 2.47. The van der Waals surface area contributed by atoms with Gasteiger partial charge in [0.1, 0.15) is 17.6 Å². The van der Waals surface area contributed by atoms with E-state index in [2.05, 4.69) is 16.7 Å². The molecule has 20 heavy (non-hydrogen) atoms. The summed E-state index contributed by atoms with van der Waals surface area (Å²) in [5.41, 5.74) is -1.92. The van der Waals surface area contributed by atoms with Crippen molar-refractivity contribution in [1.82, 2.24) is 15.5 Å². The van der Waals surface area contributed by atoms with Crippen molar-refractivity contribution in [2.24, 2.45) is 5.92 Å². The predicted molar refractivity (Wildman–Crippen MR) is 69.2 cm³/mol. The molecule has 0 unspecified atom stereocenters. The van der Waals surface area contributed by atoms with E-state index in [1.54, 1.807) is 20.8 Å². The highest BCUT2D eigenvalue weighted by atomic mass is 16.2. The Kier molecular flexibility index (Phi) is 3.20. The van der Waals surface area contributed by atoms with E-state index in [0.29, 0.717) is 0 Å². The van der Waals surface area contributed by atoms with E-state index in [0.717, 1.165) is 17.7 Å². The van der Waals surface area contributed by atoms with Crippen LogP contribution in [-0.4, -0.2) is 40.4 Å². The van der Waals surface area contributed by atoms with Crippen molar-refractivity contribution in [3.05, 3.63) is 0 Å². The van der Waals surface area contributed by atoms with Crippen LogP contribution in [0.2, 0.25) is 0 Å². The fourth-order valence-electron chi connectivity index (χ4n) is 2.32. The molecule has 7 nitrogen and oxygen atoms in total. The lowest BCUT2D eigenvalue weighted by Gasteiger charge is -2.24. The molecule has 1 heterocycles. The number of hydrogen-bond donors (Lipinski definition) is 2. The topological polar surface area (TPSA) is 102 Å². The summed E-state index contributed by atoms with van der Waals surface area (Å²) >= 11 is 0. The monoisotopic (exact) mass is 278 g/mol. The van der Waals surface area contributed by atoms with Crippen LogP contribution in [0.1, 0.15) is 33.6 Å². The van der Waals surface area contributed by atoms with Gasteiger partial charge in [-0.25, -0.2) is 4.79 Å². The second-order valence-corrected chi connectivity index (χ2v) is 6.08. The Labute approximate surface area is 117 Å². The van der Waals surface area contributed by atoms with Gasteiger partial charge in [0.2, 0.25) is 5.91 Å². The first kappa shape index (κ1) is 14.3. The van der Waals surface area contributed by atoms with Crippen LogP contribution in [0.15, 0.2) is 0 Å². The van der Waals surface area contributed by atoms with Gasteiger partial charge >= 0.3 is 6.03 Å². The Morgan fingerprint density at radius 1 is 1.55 bits per heavy atom. The van der Waals surface area contributed by atoms with Crippen molar-refractivity contribution in [3.8, 4) is 6.07 Å². The van der Waals surface area contributed by atoms with Crippen molar-refractivity contribution in [2.45, 2.75) is 44.7 Å². The van der Waals surface area contributed by atoms with Crippen molar-refractivity contribution in [2.75, 3.05) is 6.54 Å². The molecule has 0 aromatic carbocycles. The average Bonchev–Trinajstić information content (AvgIpc) is 3.15. The molecule has 1 aliphatic carbocycles. The average molecular weight is 278 g/mol. The number of hydrogen-bond acceptors (Lipinski definition) is 4. The molecule has 1 aliphatic heterocycles. The van der Waals surface area contributed by atoms with E-state index in [1.165, 1.54) is 0 Å². The van der Waals surface area contributed by atoms with Crippen LogP contribution < -0.4 is 10.6 Å². The quantitative estimate of drug-likeness (QED) is 0.713. The van der Waals surface area contributed by atoms with Crippen LogP contribution in [0.4, 0.5) is 4.79 Å². The van der Waals surface area contributed by atoms with E-state index < -0.39 is 28.9 Å². The molecule has 1 saturated heterocycles. The van der Waals surface area contributed by atoms with Gasteiger partial charge < -0.3 is 10.6 Å². The van der Waals surface area contributed by atoms with Gasteiger partial charge in [-0.2, -0.15) is 5.26 Å². The maximum absolute atomic E-state index is 12.0. The lowest BCUT2D eigenvalue weighted by Crippen LogP contribution is -2.51. The summed E-state index contributed by atoms with van der Waals surface area (Å²) in [6, 6.07) is 1.52. The summed E-state index contributed by atoms with van der Waals surface area (Å²) < 4.78 is 0. The molecule has 4 amide bonds. The fraction of sp³-hybridized carbons (Fsp3) is 0.692. The molecule has 7 heteroatoms. The normalized spacial score (nSPS) is 23.8.